The largest absolute Gasteiger partial charge is 0.380 e. The summed E-state index contributed by atoms with van der Waals surface area (Å²) in [7, 11) is -1.51. The summed E-state index contributed by atoms with van der Waals surface area (Å²) < 4.78 is 28.9. The van der Waals surface area contributed by atoms with E-state index in [-0.39, 0.29) is 18.4 Å². The molecule has 6 heteroatoms. The molecule has 0 spiro atoms. The van der Waals surface area contributed by atoms with Crippen LogP contribution >= 0.6 is 0 Å². The minimum Gasteiger partial charge on any atom is -0.380 e. The lowest BCUT2D eigenvalue weighted by Gasteiger charge is -2.30. The predicted octanol–water partition coefficient (Wildman–Crippen LogP) is 1.85. The van der Waals surface area contributed by atoms with E-state index < -0.39 is 15.1 Å². The van der Waals surface area contributed by atoms with Gasteiger partial charge in [0.2, 0.25) is 5.91 Å². The molecule has 5 nitrogen and oxygen atoms in total. The minimum absolute atomic E-state index is 0.125. The Morgan fingerprint density at radius 1 is 1.26 bits per heavy atom. The summed E-state index contributed by atoms with van der Waals surface area (Å²) in [5, 5.41) is 2.47. The van der Waals surface area contributed by atoms with E-state index in [4.69, 9.17) is 4.74 Å². The van der Waals surface area contributed by atoms with Gasteiger partial charge in [-0.2, -0.15) is 0 Å². The maximum Gasteiger partial charge on any atom is 0.224 e. The molecule has 1 aliphatic rings. The zero-order valence-electron chi connectivity index (χ0n) is 13.7. The van der Waals surface area contributed by atoms with E-state index in [0.29, 0.717) is 13.0 Å². The number of sulfone groups is 1. The molecule has 0 unspecified atom stereocenters. The van der Waals surface area contributed by atoms with Crippen molar-refractivity contribution >= 4 is 15.7 Å². The molecule has 1 aromatic carbocycles. The van der Waals surface area contributed by atoms with Crippen LogP contribution in [-0.4, -0.2) is 39.0 Å². The summed E-state index contributed by atoms with van der Waals surface area (Å²) in [6.07, 6.45) is 4.74. The second-order valence-corrected chi connectivity index (χ2v) is 8.52. The number of carbonyl (C=O) groups is 1. The number of amides is 1. The van der Waals surface area contributed by atoms with Gasteiger partial charge in [-0.25, -0.2) is 8.42 Å². The van der Waals surface area contributed by atoms with E-state index in [1.54, 1.807) is 7.11 Å². The fraction of sp³-hybridized carbons (Fsp3) is 0.588. The SMILES string of the molecule is COCc1cccc(CC(=O)N[C@@H]2CCCC[C@H]2S(C)(=O)=O)c1. The number of ether oxygens (including phenoxy) is 1. The summed E-state index contributed by atoms with van der Waals surface area (Å²) >= 11 is 0. The normalized spacial score (nSPS) is 21.8. The van der Waals surface area contributed by atoms with Crippen molar-refractivity contribution in [2.75, 3.05) is 13.4 Å². The average Bonchev–Trinajstić information content (AvgIpc) is 2.47. The molecule has 2 rings (SSSR count). The molecular weight excluding hydrogens is 314 g/mol. The number of methoxy groups -OCH3 is 1. The quantitative estimate of drug-likeness (QED) is 0.858. The zero-order chi connectivity index (χ0) is 16.9. The fourth-order valence-corrected chi connectivity index (χ4v) is 4.61. The first-order valence-electron chi connectivity index (χ1n) is 7.95. The first-order chi connectivity index (χ1) is 10.9. The van der Waals surface area contributed by atoms with E-state index in [2.05, 4.69) is 5.32 Å². The van der Waals surface area contributed by atoms with Gasteiger partial charge in [-0.3, -0.25) is 4.79 Å². The van der Waals surface area contributed by atoms with E-state index in [1.807, 2.05) is 24.3 Å². The first kappa shape index (κ1) is 17.9. The van der Waals surface area contributed by atoms with Crippen molar-refractivity contribution in [3.63, 3.8) is 0 Å². The molecule has 0 bridgehead atoms. The van der Waals surface area contributed by atoms with Crippen LogP contribution in [0.4, 0.5) is 0 Å². The van der Waals surface area contributed by atoms with Gasteiger partial charge in [0.15, 0.2) is 9.84 Å². The third kappa shape index (κ3) is 5.32. The van der Waals surface area contributed by atoms with Crippen LogP contribution in [0.25, 0.3) is 0 Å². The molecule has 0 aromatic heterocycles. The van der Waals surface area contributed by atoms with Crippen LogP contribution in [-0.2, 0) is 32.4 Å². The minimum atomic E-state index is -3.14. The molecule has 1 saturated carbocycles. The van der Waals surface area contributed by atoms with Crippen molar-refractivity contribution in [1.29, 1.82) is 0 Å². The number of hydrogen-bond donors (Lipinski definition) is 1. The number of carbonyl (C=O) groups excluding carboxylic acids is 1. The van der Waals surface area contributed by atoms with Crippen LogP contribution in [0.15, 0.2) is 24.3 Å². The molecule has 1 amide bonds. The molecule has 0 heterocycles. The van der Waals surface area contributed by atoms with Crippen molar-refractivity contribution < 1.29 is 17.9 Å². The summed E-state index contributed by atoms with van der Waals surface area (Å²) in [6.45, 7) is 0.508. The molecule has 1 fully saturated rings. The smallest absolute Gasteiger partial charge is 0.224 e. The van der Waals surface area contributed by atoms with Crippen molar-refractivity contribution in [3.8, 4) is 0 Å². The highest BCUT2D eigenvalue weighted by Gasteiger charge is 2.33. The Labute approximate surface area is 138 Å². The van der Waals surface area contributed by atoms with Gasteiger partial charge in [-0.1, -0.05) is 37.1 Å². The summed E-state index contributed by atoms with van der Waals surface area (Å²) in [5.41, 5.74) is 1.92. The second kappa shape index (κ2) is 7.93. The zero-order valence-corrected chi connectivity index (χ0v) is 14.6. The van der Waals surface area contributed by atoms with Gasteiger partial charge >= 0.3 is 0 Å². The lowest BCUT2D eigenvalue weighted by molar-refractivity contribution is -0.121. The standard InChI is InChI=1S/C17H25NO4S/c1-22-12-14-7-5-6-13(10-14)11-17(19)18-15-8-3-4-9-16(15)23(2,20)21/h5-7,10,15-16H,3-4,8-9,11-12H2,1-2H3,(H,18,19)/t15-,16-/m1/s1. The first-order valence-corrected chi connectivity index (χ1v) is 9.90. The maximum atomic E-state index is 12.3. The molecule has 1 aliphatic carbocycles. The van der Waals surface area contributed by atoms with Crippen molar-refractivity contribution in [1.82, 2.24) is 5.32 Å². The third-order valence-corrected chi connectivity index (χ3v) is 5.93. The van der Waals surface area contributed by atoms with Gasteiger partial charge in [0.1, 0.15) is 0 Å². The second-order valence-electron chi connectivity index (χ2n) is 6.26. The van der Waals surface area contributed by atoms with E-state index in [9.17, 15) is 13.2 Å². The number of rotatable bonds is 6. The topological polar surface area (TPSA) is 72.5 Å². The van der Waals surface area contributed by atoms with Crippen LogP contribution in [0.5, 0.6) is 0 Å². The van der Waals surface area contributed by atoms with Gasteiger partial charge in [0, 0.05) is 19.4 Å². The van der Waals surface area contributed by atoms with Crippen molar-refractivity contribution in [2.45, 2.75) is 50.0 Å². The fourth-order valence-electron chi connectivity index (χ4n) is 3.21. The van der Waals surface area contributed by atoms with Gasteiger partial charge in [0.25, 0.3) is 0 Å². The highest BCUT2D eigenvalue weighted by Crippen LogP contribution is 2.24. The number of benzene rings is 1. The van der Waals surface area contributed by atoms with Gasteiger partial charge in [0.05, 0.1) is 18.3 Å². The molecule has 23 heavy (non-hydrogen) atoms. The highest BCUT2D eigenvalue weighted by atomic mass is 32.2. The Kier molecular flexibility index (Phi) is 6.18. The molecule has 2 atom stereocenters. The van der Waals surface area contributed by atoms with Crippen molar-refractivity contribution in [2.24, 2.45) is 0 Å². The molecule has 0 aliphatic heterocycles. The molecule has 0 saturated heterocycles. The lowest BCUT2D eigenvalue weighted by Crippen LogP contribution is -2.48. The Balaban J connectivity index is 1.99. The molecule has 128 valence electrons. The molecule has 1 aromatic rings. The number of nitrogens with one attached hydrogen (secondary N) is 1. The van der Waals surface area contributed by atoms with Gasteiger partial charge in [-0.05, 0) is 24.0 Å². The summed E-state index contributed by atoms with van der Waals surface area (Å²) in [4.78, 5) is 12.3. The summed E-state index contributed by atoms with van der Waals surface area (Å²) in [6, 6.07) is 7.42. The van der Waals surface area contributed by atoms with Crippen LogP contribution in [0.2, 0.25) is 0 Å². The van der Waals surface area contributed by atoms with E-state index in [1.165, 1.54) is 6.26 Å². The molecular formula is C17H25NO4S. The van der Waals surface area contributed by atoms with Gasteiger partial charge < -0.3 is 10.1 Å². The Bertz CT molecular complexity index is 642. The van der Waals surface area contributed by atoms with Crippen LogP contribution in [0.3, 0.4) is 0 Å². The van der Waals surface area contributed by atoms with Crippen molar-refractivity contribution in [3.05, 3.63) is 35.4 Å². The van der Waals surface area contributed by atoms with Crippen LogP contribution < -0.4 is 5.32 Å². The number of hydrogen-bond acceptors (Lipinski definition) is 4. The Morgan fingerprint density at radius 3 is 2.65 bits per heavy atom. The maximum absolute atomic E-state index is 12.3. The summed E-state index contributed by atoms with van der Waals surface area (Å²) in [5.74, 6) is -0.125. The predicted molar refractivity (Wildman–Crippen MR) is 89.9 cm³/mol. The van der Waals surface area contributed by atoms with Crippen LogP contribution in [0, 0.1) is 0 Å². The molecule has 0 radical (unpaired) electrons. The van der Waals surface area contributed by atoms with Crippen LogP contribution in [0.1, 0.15) is 36.8 Å². The Hall–Kier alpha value is -1.40. The van der Waals surface area contributed by atoms with E-state index in [0.717, 1.165) is 30.4 Å². The molecule has 1 N–H and O–H groups in total. The van der Waals surface area contributed by atoms with Gasteiger partial charge in [-0.15, -0.1) is 0 Å². The average molecular weight is 339 g/mol. The van der Waals surface area contributed by atoms with E-state index >= 15 is 0 Å². The Morgan fingerprint density at radius 2 is 1.96 bits per heavy atom. The monoisotopic (exact) mass is 339 g/mol. The lowest BCUT2D eigenvalue weighted by atomic mass is 9.94. The third-order valence-electron chi connectivity index (χ3n) is 4.27. The highest BCUT2D eigenvalue weighted by molar-refractivity contribution is 7.91.